The van der Waals surface area contributed by atoms with E-state index in [-0.39, 0.29) is 6.61 Å². The highest BCUT2D eigenvalue weighted by atomic mass is 19.3. The van der Waals surface area contributed by atoms with Gasteiger partial charge in [-0.15, -0.1) is 0 Å². The zero-order chi connectivity index (χ0) is 9.90. The maximum Gasteiger partial charge on any atom is 0.358 e. The van der Waals surface area contributed by atoms with Gasteiger partial charge in [0.25, 0.3) is 0 Å². The molecule has 78 valence electrons. The number of hydrogen-bond donors (Lipinski definition) is 0. The van der Waals surface area contributed by atoms with Crippen molar-refractivity contribution >= 4 is 0 Å². The third kappa shape index (κ3) is 2.90. The molecule has 1 nitrogen and oxygen atoms in total. The Bertz CT molecular complexity index is 159. The fraction of sp³-hybridized carbons (Fsp3) is 1.00. The molecule has 0 aliphatic heterocycles. The van der Waals surface area contributed by atoms with Gasteiger partial charge >= 0.3 is 6.11 Å². The van der Waals surface area contributed by atoms with Crippen LogP contribution in [0.1, 0.15) is 39.5 Å². The molecule has 2 unspecified atom stereocenters. The van der Waals surface area contributed by atoms with Gasteiger partial charge in [0.2, 0.25) is 0 Å². The topological polar surface area (TPSA) is 9.23 Å². The second-order valence-electron chi connectivity index (χ2n) is 3.96. The van der Waals surface area contributed by atoms with Crippen LogP contribution >= 0.6 is 0 Å². The van der Waals surface area contributed by atoms with Crippen molar-refractivity contribution < 1.29 is 13.5 Å². The molecule has 2 atom stereocenters. The predicted octanol–water partition coefficient (Wildman–Crippen LogP) is 3.44. The second-order valence-corrected chi connectivity index (χ2v) is 3.96. The van der Waals surface area contributed by atoms with Gasteiger partial charge in [0.05, 0.1) is 12.5 Å². The summed E-state index contributed by atoms with van der Waals surface area (Å²) in [5.41, 5.74) is 0. The average Bonchev–Trinajstić information content (AvgIpc) is 2.04. The fourth-order valence-corrected chi connectivity index (χ4v) is 2.05. The van der Waals surface area contributed by atoms with Crippen molar-refractivity contribution in [3.63, 3.8) is 0 Å². The van der Waals surface area contributed by atoms with E-state index in [1.165, 1.54) is 0 Å². The van der Waals surface area contributed by atoms with Crippen LogP contribution in [0, 0.1) is 11.8 Å². The monoisotopic (exact) mass is 192 g/mol. The second kappa shape index (κ2) is 4.36. The molecule has 0 heterocycles. The predicted molar refractivity (Wildman–Crippen MR) is 47.7 cm³/mol. The molecule has 3 heteroatoms. The molecule has 1 aliphatic rings. The summed E-state index contributed by atoms with van der Waals surface area (Å²) in [5, 5.41) is 0. The van der Waals surface area contributed by atoms with E-state index < -0.39 is 12.0 Å². The number of ether oxygens (including phenoxy) is 1. The number of alkyl halides is 2. The van der Waals surface area contributed by atoms with Gasteiger partial charge in [0.1, 0.15) is 0 Å². The van der Waals surface area contributed by atoms with Crippen LogP contribution < -0.4 is 0 Å². The van der Waals surface area contributed by atoms with Gasteiger partial charge in [-0.3, -0.25) is 0 Å². The molecule has 1 rings (SSSR count). The molecule has 1 aliphatic carbocycles. The third-order valence-electron chi connectivity index (χ3n) is 2.75. The molecular weight excluding hydrogens is 174 g/mol. The molecule has 13 heavy (non-hydrogen) atoms. The van der Waals surface area contributed by atoms with E-state index in [0.717, 1.165) is 12.8 Å². The Kier molecular flexibility index (Phi) is 3.65. The first kappa shape index (κ1) is 10.9. The summed E-state index contributed by atoms with van der Waals surface area (Å²) < 4.78 is 31.0. The lowest BCUT2D eigenvalue weighted by Gasteiger charge is -2.32. The van der Waals surface area contributed by atoms with Gasteiger partial charge in [-0.1, -0.05) is 19.8 Å². The Morgan fingerprint density at radius 1 is 1.38 bits per heavy atom. The summed E-state index contributed by atoms with van der Waals surface area (Å²) in [7, 11) is 0. The molecule has 0 bridgehead atoms. The molecule has 0 N–H and O–H groups in total. The molecule has 1 fully saturated rings. The van der Waals surface area contributed by atoms with Crippen molar-refractivity contribution in [3.05, 3.63) is 0 Å². The molecule has 0 spiro atoms. The van der Waals surface area contributed by atoms with Crippen molar-refractivity contribution in [1.29, 1.82) is 0 Å². The largest absolute Gasteiger partial charge is 0.358 e. The smallest absolute Gasteiger partial charge is 0.321 e. The molecule has 0 amide bonds. The number of hydrogen-bond acceptors (Lipinski definition) is 1. The van der Waals surface area contributed by atoms with E-state index in [2.05, 4.69) is 4.74 Å². The molecule has 0 saturated heterocycles. The van der Waals surface area contributed by atoms with Crippen LogP contribution in [-0.2, 0) is 4.74 Å². The fourth-order valence-electron chi connectivity index (χ4n) is 2.05. The summed E-state index contributed by atoms with van der Waals surface area (Å²) in [4.78, 5) is 0. The van der Waals surface area contributed by atoms with Crippen molar-refractivity contribution in [2.24, 2.45) is 11.8 Å². The maximum atomic E-state index is 13.3. The van der Waals surface area contributed by atoms with Crippen LogP contribution in [0.2, 0.25) is 0 Å². The molecule has 1 saturated carbocycles. The lowest BCUT2D eigenvalue weighted by Crippen LogP contribution is -2.34. The van der Waals surface area contributed by atoms with Crippen LogP contribution in [0.25, 0.3) is 0 Å². The highest BCUT2D eigenvalue weighted by Crippen LogP contribution is 2.39. The first-order chi connectivity index (χ1) is 6.06. The van der Waals surface area contributed by atoms with Crippen molar-refractivity contribution in [2.45, 2.75) is 45.6 Å². The lowest BCUT2D eigenvalue weighted by atomic mass is 9.82. The summed E-state index contributed by atoms with van der Waals surface area (Å²) in [6.07, 6.45) is 0.307. The first-order valence-corrected chi connectivity index (χ1v) is 5.08. The summed E-state index contributed by atoms with van der Waals surface area (Å²) in [6, 6.07) is 0. The quantitative estimate of drug-likeness (QED) is 0.665. The maximum absolute atomic E-state index is 13.3. The highest BCUT2D eigenvalue weighted by Gasteiger charge is 2.42. The highest BCUT2D eigenvalue weighted by molar-refractivity contribution is 4.76. The molecule has 0 radical (unpaired) electrons. The summed E-state index contributed by atoms with van der Waals surface area (Å²) in [5.74, 6) is -0.138. The van der Waals surface area contributed by atoms with E-state index in [9.17, 15) is 8.78 Å². The van der Waals surface area contributed by atoms with Gasteiger partial charge < -0.3 is 4.74 Å². The van der Waals surface area contributed by atoms with Crippen molar-refractivity contribution in [2.75, 3.05) is 6.61 Å². The Labute approximate surface area is 78.5 Å². The van der Waals surface area contributed by atoms with E-state index in [0.29, 0.717) is 18.8 Å². The van der Waals surface area contributed by atoms with E-state index in [1.807, 2.05) is 6.92 Å². The first-order valence-electron chi connectivity index (χ1n) is 5.08. The normalized spacial score (nSPS) is 30.5. The van der Waals surface area contributed by atoms with Gasteiger partial charge in [-0.25, -0.2) is 0 Å². The van der Waals surface area contributed by atoms with E-state index in [1.54, 1.807) is 6.92 Å². The summed E-state index contributed by atoms with van der Waals surface area (Å²) in [6.45, 7) is 3.74. The minimum atomic E-state index is -2.90. The van der Waals surface area contributed by atoms with E-state index in [4.69, 9.17) is 0 Å². The zero-order valence-corrected chi connectivity index (χ0v) is 8.35. The molecule has 0 aromatic heterocycles. The van der Waals surface area contributed by atoms with Crippen LogP contribution in [0.5, 0.6) is 0 Å². The van der Waals surface area contributed by atoms with Crippen LogP contribution in [0.4, 0.5) is 8.78 Å². The minimum Gasteiger partial charge on any atom is -0.321 e. The third-order valence-corrected chi connectivity index (χ3v) is 2.75. The molecule has 0 aromatic rings. The Morgan fingerprint density at radius 2 is 2.08 bits per heavy atom. The Morgan fingerprint density at radius 3 is 2.62 bits per heavy atom. The number of halogens is 2. The van der Waals surface area contributed by atoms with Gasteiger partial charge in [0, 0.05) is 0 Å². The zero-order valence-electron chi connectivity index (χ0n) is 8.35. The number of rotatable bonds is 3. The summed E-state index contributed by atoms with van der Waals surface area (Å²) >= 11 is 0. The standard InChI is InChI=1S/C10H18F2O/c1-3-13-10(11,12)9-6-4-5-8(2)7-9/h8-9H,3-7H2,1-2H3. The lowest BCUT2D eigenvalue weighted by molar-refractivity contribution is -0.275. The van der Waals surface area contributed by atoms with Crippen molar-refractivity contribution in [3.8, 4) is 0 Å². The average molecular weight is 192 g/mol. The minimum absolute atomic E-state index is 0.0951. The SMILES string of the molecule is CCOC(F)(F)C1CCCC(C)C1. The van der Waals surface area contributed by atoms with Gasteiger partial charge in [-0.05, 0) is 25.7 Å². The van der Waals surface area contributed by atoms with E-state index >= 15 is 0 Å². The van der Waals surface area contributed by atoms with Crippen LogP contribution in [-0.4, -0.2) is 12.7 Å². The molecular formula is C10H18F2O. The van der Waals surface area contributed by atoms with Crippen LogP contribution in [0.3, 0.4) is 0 Å². The Hall–Kier alpha value is -0.180. The van der Waals surface area contributed by atoms with Gasteiger partial charge in [-0.2, -0.15) is 8.78 Å². The Balaban J connectivity index is 2.48. The van der Waals surface area contributed by atoms with Gasteiger partial charge in [0.15, 0.2) is 0 Å². The van der Waals surface area contributed by atoms with Crippen molar-refractivity contribution in [1.82, 2.24) is 0 Å². The molecule has 0 aromatic carbocycles. The van der Waals surface area contributed by atoms with Crippen LogP contribution in [0.15, 0.2) is 0 Å².